The van der Waals surface area contributed by atoms with Crippen molar-refractivity contribution in [1.29, 1.82) is 0 Å². The highest BCUT2D eigenvalue weighted by atomic mass is 15.1. The third-order valence-electron chi connectivity index (χ3n) is 4.51. The molecule has 0 unspecified atom stereocenters. The van der Waals surface area contributed by atoms with Gasteiger partial charge in [-0.05, 0) is 29.3 Å². The predicted molar refractivity (Wildman–Crippen MR) is 104 cm³/mol. The minimum absolute atomic E-state index is 0.840. The molecular weight excluding hydrogens is 306 g/mol. The number of rotatable bonds is 6. The van der Waals surface area contributed by atoms with Gasteiger partial charge in [0.2, 0.25) is 0 Å². The maximum Gasteiger partial charge on any atom is 0.0702 e. The van der Waals surface area contributed by atoms with Crippen LogP contribution in [-0.4, -0.2) is 21.4 Å². The van der Waals surface area contributed by atoms with Gasteiger partial charge in [0.05, 0.1) is 5.52 Å². The molecular formula is C22H21N3. The number of H-pyrrole nitrogens is 1. The average molecular weight is 327 g/mol. The number of fused-ring (bicyclic) bond motifs is 2. The molecule has 4 rings (SSSR count). The quantitative estimate of drug-likeness (QED) is 0.511. The average Bonchev–Trinajstić information content (AvgIpc) is 3.05. The minimum atomic E-state index is 0.840. The summed E-state index contributed by atoms with van der Waals surface area (Å²) in [5.74, 6) is 0. The number of aromatic nitrogens is 2. The van der Waals surface area contributed by atoms with E-state index in [-0.39, 0.29) is 0 Å². The van der Waals surface area contributed by atoms with Gasteiger partial charge in [0.1, 0.15) is 0 Å². The Morgan fingerprint density at radius 3 is 2.80 bits per heavy atom. The van der Waals surface area contributed by atoms with Crippen LogP contribution in [0.4, 0.5) is 0 Å². The van der Waals surface area contributed by atoms with Crippen molar-refractivity contribution in [3.05, 3.63) is 90.8 Å². The molecule has 25 heavy (non-hydrogen) atoms. The minimum Gasteiger partial charge on any atom is -0.361 e. The van der Waals surface area contributed by atoms with Gasteiger partial charge in [-0.25, -0.2) is 0 Å². The van der Waals surface area contributed by atoms with Gasteiger partial charge in [0.15, 0.2) is 0 Å². The van der Waals surface area contributed by atoms with Gasteiger partial charge in [0.25, 0.3) is 0 Å². The molecule has 0 spiro atoms. The zero-order chi connectivity index (χ0) is 17.1. The Bertz CT molecular complexity index is 1020. The van der Waals surface area contributed by atoms with E-state index in [0.29, 0.717) is 0 Å². The zero-order valence-corrected chi connectivity index (χ0v) is 14.2. The van der Waals surface area contributed by atoms with E-state index in [1.165, 1.54) is 27.4 Å². The third kappa shape index (κ3) is 3.32. The molecule has 3 heteroatoms. The first-order valence-corrected chi connectivity index (χ1v) is 8.55. The molecule has 0 aliphatic carbocycles. The van der Waals surface area contributed by atoms with E-state index in [2.05, 4.69) is 70.1 Å². The molecule has 0 bridgehead atoms. The second-order valence-corrected chi connectivity index (χ2v) is 6.35. The summed E-state index contributed by atoms with van der Waals surface area (Å²) in [4.78, 5) is 10.3. The van der Waals surface area contributed by atoms with Gasteiger partial charge in [-0.2, -0.15) is 0 Å². The molecule has 2 aromatic carbocycles. The molecule has 3 nitrogen and oxygen atoms in total. The van der Waals surface area contributed by atoms with Crippen molar-refractivity contribution in [3.8, 4) is 0 Å². The Morgan fingerprint density at radius 2 is 1.88 bits per heavy atom. The fourth-order valence-corrected chi connectivity index (χ4v) is 3.33. The molecule has 0 saturated carbocycles. The molecule has 124 valence electrons. The second kappa shape index (κ2) is 6.91. The van der Waals surface area contributed by atoms with E-state index in [9.17, 15) is 0 Å². The Hall–Kier alpha value is -2.91. The Kier molecular flexibility index (Phi) is 4.32. The van der Waals surface area contributed by atoms with Crippen LogP contribution >= 0.6 is 0 Å². The molecule has 1 N–H and O–H groups in total. The van der Waals surface area contributed by atoms with Crippen LogP contribution in [0.25, 0.3) is 21.8 Å². The highest BCUT2D eigenvalue weighted by Gasteiger charge is 2.10. The number of aromatic amines is 1. The van der Waals surface area contributed by atoms with Crippen molar-refractivity contribution >= 4 is 21.8 Å². The molecule has 0 aliphatic rings. The molecule has 0 amide bonds. The van der Waals surface area contributed by atoms with E-state index < -0.39 is 0 Å². The van der Waals surface area contributed by atoms with E-state index in [1.54, 1.807) is 0 Å². The molecule has 0 atom stereocenters. The van der Waals surface area contributed by atoms with Gasteiger partial charge in [-0.15, -0.1) is 6.58 Å². The van der Waals surface area contributed by atoms with Gasteiger partial charge < -0.3 is 4.98 Å². The summed E-state index contributed by atoms with van der Waals surface area (Å²) in [7, 11) is 0. The lowest BCUT2D eigenvalue weighted by Crippen LogP contribution is -2.22. The summed E-state index contributed by atoms with van der Waals surface area (Å²) in [5.41, 5.74) is 4.76. The summed E-state index contributed by atoms with van der Waals surface area (Å²) >= 11 is 0. The number of para-hydroxylation sites is 2. The summed E-state index contributed by atoms with van der Waals surface area (Å²) < 4.78 is 0. The Balaban J connectivity index is 1.59. The first-order chi connectivity index (χ1) is 12.3. The number of hydrogen-bond acceptors (Lipinski definition) is 2. The molecule has 0 radical (unpaired) electrons. The van der Waals surface area contributed by atoms with E-state index in [1.807, 2.05) is 24.4 Å². The van der Waals surface area contributed by atoms with Crippen molar-refractivity contribution in [1.82, 2.24) is 14.9 Å². The standard InChI is InChI=1S/C22H21N3/c1-2-11-25(16-19-14-24-22-10-6-4-8-20(19)22)15-17-12-18-7-3-5-9-21(18)23-13-17/h2-10,12-14,24H,1,11,15-16H2. The molecule has 0 fully saturated rings. The first kappa shape index (κ1) is 15.6. The maximum absolute atomic E-state index is 4.58. The van der Waals surface area contributed by atoms with Crippen molar-refractivity contribution in [2.75, 3.05) is 6.54 Å². The number of hydrogen-bond donors (Lipinski definition) is 1. The molecule has 0 aliphatic heterocycles. The van der Waals surface area contributed by atoms with Crippen LogP contribution < -0.4 is 0 Å². The largest absolute Gasteiger partial charge is 0.361 e. The van der Waals surface area contributed by atoms with Crippen LogP contribution in [0, 0.1) is 0 Å². The van der Waals surface area contributed by atoms with Crippen molar-refractivity contribution in [3.63, 3.8) is 0 Å². The van der Waals surface area contributed by atoms with Crippen LogP contribution in [-0.2, 0) is 13.1 Å². The van der Waals surface area contributed by atoms with Gasteiger partial charge in [0, 0.05) is 48.3 Å². The Morgan fingerprint density at radius 1 is 1.04 bits per heavy atom. The third-order valence-corrected chi connectivity index (χ3v) is 4.51. The number of nitrogens with one attached hydrogen (secondary N) is 1. The normalized spacial score (nSPS) is 11.4. The van der Waals surface area contributed by atoms with Crippen LogP contribution in [0.1, 0.15) is 11.1 Å². The first-order valence-electron chi connectivity index (χ1n) is 8.55. The predicted octanol–water partition coefficient (Wildman–Crippen LogP) is 4.90. The lowest BCUT2D eigenvalue weighted by Gasteiger charge is -2.20. The summed E-state index contributed by atoms with van der Waals surface area (Å²) in [6.45, 7) is 6.49. The zero-order valence-electron chi connectivity index (χ0n) is 14.2. The molecule has 4 aromatic rings. The van der Waals surface area contributed by atoms with Crippen molar-refractivity contribution in [2.45, 2.75) is 13.1 Å². The van der Waals surface area contributed by atoms with Crippen LogP contribution in [0.2, 0.25) is 0 Å². The van der Waals surface area contributed by atoms with E-state index >= 15 is 0 Å². The van der Waals surface area contributed by atoms with Crippen molar-refractivity contribution in [2.24, 2.45) is 0 Å². The van der Waals surface area contributed by atoms with Gasteiger partial charge in [-0.3, -0.25) is 9.88 Å². The summed E-state index contributed by atoms with van der Waals surface area (Å²) in [6, 6.07) is 18.9. The van der Waals surface area contributed by atoms with E-state index in [4.69, 9.17) is 0 Å². The highest BCUT2D eigenvalue weighted by Crippen LogP contribution is 2.21. The molecule has 0 saturated heterocycles. The number of nitrogens with zero attached hydrogens (tertiary/aromatic N) is 2. The van der Waals surface area contributed by atoms with Gasteiger partial charge >= 0.3 is 0 Å². The fourth-order valence-electron chi connectivity index (χ4n) is 3.33. The fraction of sp³-hybridized carbons (Fsp3) is 0.136. The SMILES string of the molecule is C=CCN(Cc1cnc2ccccc2c1)Cc1c[nH]c2ccccc12. The molecule has 2 heterocycles. The summed E-state index contributed by atoms with van der Waals surface area (Å²) in [5, 5.41) is 2.47. The van der Waals surface area contributed by atoms with Crippen LogP contribution in [0.15, 0.2) is 79.6 Å². The van der Waals surface area contributed by atoms with Crippen LogP contribution in [0.5, 0.6) is 0 Å². The van der Waals surface area contributed by atoms with E-state index in [0.717, 1.165) is 25.2 Å². The van der Waals surface area contributed by atoms with Gasteiger partial charge in [-0.1, -0.05) is 42.5 Å². The summed E-state index contributed by atoms with van der Waals surface area (Å²) in [6.07, 6.45) is 6.05. The number of pyridine rings is 1. The molecule has 2 aromatic heterocycles. The Labute approximate surface area is 147 Å². The second-order valence-electron chi connectivity index (χ2n) is 6.35. The van der Waals surface area contributed by atoms with Crippen LogP contribution in [0.3, 0.4) is 0 Å². The lowest BCUT2D eigenvalue weighted by atomic mass is 10.1. The number of benzene rings is 2. The smallest absolute Gasteiger partial charge is 0.0702 e. The highest BCUT2D eigenvalue weighted by molar-refractivity contribution is 5.83. The maximum atomic E-state index is 4.58. The topological polar surface area (TPSA) is 31.9 Å². The van der Waals surface area contributed by atoms with Crippen molar-refractivity contribution < 1.29 is 0 Å². The lowest BCUT2D eigenvalue weighted by molar-refractivity contribution is 0.287. The monoisotopic (exact) mass is 327 g/mol.